The van der Waals surface area contributed by atoms with Gasteiger partial charge in [-0.25, -0.2) is 0 Å². The molecule has 1 aromatic rings. The Labute approximate surface area is 117 Å². The first kappa shape index (κ1) is 15.8. The maximum Gasteiger partial charge on any atom is 0.0853 e. The molecule has 106 valence electrons. The lowest BCUT2D eigenvalue weighted by molar-refractivity contribution is 0.123. The number of unbranched alkanes of at least 4 members (excludes halogenated alkanes) is 3. The summed E-state index contributed by atoms with van der Waals surface area (Å²) in [4.78, 5) is 0. The van der Waals surface area contributed by atoms with Gasteiger partial charge in [-0.2, -0.15) is 0 Å². The van der Waals surface area contributed by atoms with Gasteiger partial charge in [0, 0.05) is 5.92 Å². The molecule has 0 aliphatic carbocycles. The van der Waals surface area contributed by atoms with E-state index in [1.807, 2.05) is 36.4 Å². The summed E-state index contributed by atoms with van der Waals surface area (Å²) in [6.45, 7) is 2.21. The van der Waals surface area contributed by atoms with Crippen molar-refractivity contribution in [3.63, 3.8) is 0 Å². The molecule has 0 aromatic heterocycles. The second-order valence-corrected chi connectivity index (χ2v) is 4.93. The van der Waals surface area contributed by atoms with E-state index in [1.165, 1.54) is 19.3 Å². The van der Waals surface area contributed by atoms with E-state index >= 15 is 0 Å². The number of hydrogen-bond donors (Lipinski definition) is 1. The van der Waals surface area contributed by atoms with E-state index in [0.717, 1.165) is 18.4 Å². The first-order valence-electron chi connectivity index (χ1n) is 7.22. The van der Waals surface area contributed by atoms with Gasteiger partial charge in [-0.1, -0.05) is 62.9 Å². The SMILES string of the molecule is CCCCCC[C@H](/C=C/OC)[C@@H](O)c1ccccc1. The normalized spacial score (nSPS) is 14.5. The lowest BCUT2D eigenvalue weighted by Gasteiger charge is -2.20. The molecular weight excluding hydrogens is 236 g/mol. The highest BCUT2D eigenvalue weighted by atomic mass is 16.5. The average molecular weight is 262 g/mol. The molecule has 0 bridgehead atoms. The molecule has 0 amide bonds. The van der Waals surface area contributed by atoms with Crippen molar-refractivity contribution >= 4 is 0 Å². The summed E-state index contributed by atoms with van der Waals surface area (Å²) in [5.41, 5.74) is 0.976. The van der Waals surface area contributed by atoms with Gasteiger partial charge in [0.25, 0.3) is 0 Å². The Morgan fingerprint density at radius 1 is 1.16 bits per heavy atom. The Morgan fingerprint density at radius 3 is 2.53 bits per heavy atom. The Kier molecular flexibility index (Phi) is 7.99. The Balaban J connectivity index is 2.59. The molecule has 0 saturated heterocycles. The fourth-order valence-electron chi connectivity index (χ4n) is 2.24. The van der Waals surface area contributed by atoms with Gasteiger partial charge in [-0.15, -0.1) is 0 Å². The zero-order valence-corrected chi connectivity index (χ0v) is 12.1. The summed E-state index contributed by atoms with van der Waals surface area (Å²) >= 11 is 0. The number of methoxy groups -OCH3 is 1. The highest BCUT2D eigenvalue weighted by Crippen LogP contribution is 2.27. The number of rotatable bonds is 9. The standard InChI is InChI=1S/C17H26O2/c1-3-4-5-7-12-16(13-14-19-2)17(18)15-10-8-6-9-11-15/h6,8-11,13-14,16-18H,3-5,7,12H2,1-2H3/b14-13+/t16-,17+/m1/s1. The molecule has 1 aromatic carbocycles. The first-order valence-corrected chi connectivity index (χ1v) is 7.22. The van der Waals surface area contributed by atoms with E-state index in [1.54, 1.807) is 13.4 Å². The number of aliphatic hydroxyl groups is 1. The van der Waals surface area contributed by atoms with E-state index in [4.69, 9.17) is 4.74 Å². The zero-order chi connectivity index (χ0) is 13.9. The van der Waals surface area contributed by atoms with Crippen molar-refractivity contribution in [2.45, 2.75) is 45.1 Å². The van der Waals surface area contributed by atoms with Crippen LogP contribution >= 0.6 is 0 Å². The number of aliphatic hydroxyl groups excluding tert-OH is 1. The zero-order valence-electron chi connectivity index (χ0n) is 12.1. The molecule has 1 rings (SSSR count). The minimum atomic E-state index is -0.450. The van der Waals surface area contributed by atoms with Crippen LogP contribution in [0.5, 0.6) is 0 Å². The predicted molar refractivity (Wildman–Crippen MR) is 79.8 cm³/mol. The van der Waals surface area contributed by atoms with Crippen molar-refractivity contribution in [1.82, 2.24) is 0 Å². The molecule has 0 aliphatic rings. The van der Waals surface area contributed by atoms with E-state index in [-0.39, 0.29) is 5.92 Å². The Bertz CT molecular complexity index is 346. The monoisotopic (exact) mass is 262 g/mol. The lowest BCUT2D eigenvalue weighted by Crippen LogP contribution is -2.10. The van der Waals surface area contributed by atoms with E-state index in [0.29, 0.717) is 0 Å². The minimum Gasteiger partial charge on any atom is -0.505 e. The van der Waals surface area contributed by atoms with Crippen molar-refractivity contribution in [1.29, 1.82) is 0 Å². The van der Waals surface area contributed by atoms with Crippen LogP contribution in [-0.4, -0.2) is 12.2 Å². The summed E-state index contributed by atoms with van der Waals surface area (Å²) in [5, 5.41) is 10.5. The van der Waals surface area contributed by atoms with Crippen molar-refractivity contribution < 1.29 is 9.84 Å². The van der Waals surface area contributed by atoms with Gasteiger partial charge in [-0.3, -0.25) is 0 Å². The number of ether oxygens (including phenoxy) is 1. The van der Waals surface area contributed by atoms with E-state index < -0.39 is 6.10 Å². The lowest BCUT2D eigenvalue weighted by atomic mass is 9.91. The molecular formula is C17H26O2. The fourth-order valence-corrected chi connectivity index (χ4v) is 2.24. The number of benzene rings is 1. The van der Waals surface area contributed by atoms with Crippen molar-refractivity contribution in [2.24, 2.45) is 5.92 Å². The van der Waals surface area contributed by atoms with Crippen LogP contribution in [0.2, 0.25) is 0 Å². The molecule has 0 unspecified atom stereocenters. The second kappa shape index (κ2) is 9.62. The van der Waals surface area contributed by atoms with Crippen LogP contribution in [0, 0.1) is 5.92 Å². The molecule has 0 spiro atoms. The predicted octanol–water partition coefficient (Wildman–Crippen LogP) is 4.47. The van der Waals surface area contributed by atoms with Gasteiger partial charge < -0.3 is 9.84 Å². The summed E-state index contributed by atoms with van der Waals surface area (Å²) < 4.78 is 4.99. The van der Waals surface area contributed by atoms with Gasteiger partial charge in [0.2, 0.25) is 0 Å². The quantitative estimate of drug-likeness (QED) is 0.525. The molecule has 0 heterocycles. The molecule has 2 nitrogen and oxygen atoms in total. The molecule has 2 atom stereocenters. The smallest absolute Gasteiger partial charge is 0.0853 e. The molecule has 0 fully saturated rings. The Hall–Kier alpha value is -1.28. The minimum absolute atomic E-state index is 0.124. The van der Waals surface area contributed by atoms with Crippen LogP contribution < -0.4 is 0 Å². The molecule has 0 saturated carbocycles. The molecule has 0 radical (unpaired) electrons. The van der Waals surface area contributed by atoms with Crippen molar-refractivity contribution in [2.75, 3.05) is 7.11 Å². The first-order chi connectivity index (χ1) is 9.29. The van der Waals surface area contributed by atoms with Crippen LogP contribution in [0.1, 0.15) is 50.7 Å². The third kappa shape index (κ3) is 5.93. The van der Waals surface area contributed by atoms with Gasteiger partial charge in [0.15, 0.2) is 0 Å². The second-order valence-electron chi connectivity index (χ2n) is 4.93. The fraction of sp³-hybridized carbons (Fsp3) is 0.529. The van der Waals surface area contributed by atoms with Crippen LogP contribution in [0.3, 0.4) is 0 Å². The summed E-state index contributed by atoms with van der Waals surface area (Å²) in [6, 6.07) is 9.85. The van der Waals surface area contributed by atoms with Crippen LogP contribution in [0.25, 0.3) is 0 Å². The van der Waals surface area contributed by atoms with Crippen LogP contribution in [0.4, 0.5) is 0 Å². The molecule has 19 heavy (non-hydrogen) atoms. The summed E-state index contributed by atoms with van der Waals surface area (Å²) in [7, 11) is 1.64. The van der Waals surface area contributed by atoms with Gasteiger partial charge in [0.1, 0.15) is 0 Å². The number of hydrogen-bond acceptors (Lipinski definition) is 2. The third-order valence-electron chi connectivity index (χ3n) is 3.40. The van der Waals surface area contributed by atoms with Gasteiger partial charge >= 0.3 is 0 Å². The molecule has 2 heteroatoms. The van der Waals surface area contributed by atoms with Gasteiger partial charge in [0.05, 0.1) is 19.5 Å². The highest BCUT2D eigenvalue weighted by molar-refractivity contribution is 5.19. The topological polar surface area (TPSA) is 29.5 Å². The third-order valence-corrected chi connectivity index (χ3v) is 3.40. The molecule has 1 N–H and O–H groups in total. The Morgan fingerprint density at radius 2 is 1.89 bits per heavy atom. The van der Waals surface area contributed by atoms with Crippen molar-refractivity contribution in [3.05, 3.63) is 48.2 Å². The average Bonchev–Trinajstić information content (AvgIpc) is 2.47. The van der Waals surface area contributed by atoms with Crippen molar-refractivity contribution in [3.8, 4) is 0 Å². The van der Waals surface area contributed by atoms with Crippen LogP contribution in [0.15, 0.2) is 42.7 Å². The largest absolute Gasteiger partial charge is 0.505 e. The van der Waals surface area contributed by atoms with Gasteiger partial charge in [-0.05, 0) is 18.1 Å². The summed E-state index contributed by atoms with van der Waals surface area (Å²) in [5.74, 6) is 0.124. The van der Waals surface area contributed by atoms with E-state index in [2.05, 4.69) is 6.92 Å². The maximum atomic E-state index is 10.5. The van der Waals surface area contributed by atoms with E-state index in [9.17, 15) is 5.11 Å². The highest BCUT2D eigenvalue weighted by Gasteiger charge is 2.17. The molecule has 0 aliphatic heterocycles. The van der Waals surface area contributed by atoms with Crippen LogP contribution in [-0.2, 0) is 4.74 Å². The maximum absolute atomic E-state index is 10.5. The summed E-state index contributed by atoms with van der Waals surface area (Å²) in [6.07, 6.45) is 9.08.